The maximum absolute atomic E-state index is 12.4. The number of ether oxygens (including phenoxy) is 2. The third kappa shape index (κ3) is 3.02. The molecular weight excluding hydrogens is 236 g/mol. The van der Waals surface area contributed by atoms with E-state index in [2.05, 4.69) is 9.72 Å². The number of carbonyl (C=O) groups excluding carboxylic acids is 1. The highest BCUT2D eigenvalue weighted by molar-refractivity contribution is 5.73. The second kappa shape index (κ2) is 5.42. The zero-order chi connectivity index (χ0) is 13.0. The lowest BCUT2D eigenvalue weighted by molar-refractivity contribution is -0.139. The summed E-state index contributed by atoms with van der Waals surface area (Å²) >= 11 is 0. The van der Waals surface area contributed by atoms with Crippen LogP contribution in [0.1, 0.15) is 17.7 Å². The lowest BCUT2D eigenvalue weighted by Gasteiger charge is -2.10. The Kier molecular flexibility index (Phi) is 4.19. The summed E-state index contributed by atoms with van der Waals surface area (Å²) in [4.78, 5) is 14.5. The molecule has 0 saturated carbocycles. The van der Waals surface area contributed by atoms with Crippen LogP contribution in [0.3, 0.4) is 0 Å². The van der Waals surface area contributed by atoms with Crippen molar-refractivity contribution in [3.05, 3.63) is 17.3 Å². The van der Waals surface area contributed by atoms with E-state index in [4.69, 9.17) is 4.74 Å². The number of nitrogens with zero attached hydrogens (tertiary/aromatic N) is 1. The highest BCUT2D eigenvalue weighted by Gasteiger charge is 2.20. The number of aromatic hydroxyl groups is 1. The second-order valence-electron chi connectivity index (χ2n) is 3.11. The van der Waals surface area contributed by atoms with Gasteiger partial charge in [0, 0.05) is 5.56 Å². The first-order chi connectivity index (χ1) is 7.99. The number of esters is 1. The molecule has 0 atom stereocenters. The molecule has 0 fully saturated rings. The maximum Gasteiger partial charge on any atom is 0.310 e. The van der Waals surface area contributed by atoms with Crippen LogP contribution in [-0.2, 0) is 16.0 Å². The number of pyridine rings is 1. The average Bonchev–Trinajstić information content (AvgIpc) is 2.28. The summed E-state index contributed by atoms with van der Waals surface area (Å²) in [6.45, 7) is 0. The van der Waals surface area contributed by atoms with Gasteiger partial charge in [-0.15, -0.1) is 0 Å². The van der Waals surface area contributed by atoms with E-state index in [1.807, 2.05) is 0 Å². The van der Waals surface area contributed by atoms with Crippen molar-refractivity contribution in [2.24, 2.45) is 0 Å². The van der Waals surface area contributed by atoms with Gasteiger partial charge in [0.25, 0.3) is 6.43 Å². The van der Waals surface area contributed by atoms with Crippen molar-refractivity contribution >= 4 is 5.97 Å². The van der Waals surface area contributed by atoms with E-state index in [9.17, 15) is 18.7 Å². The van der Waals surface area contributed by atoms with Crippen LogP contribution in [0, 0.1) is 0 Å². The predicted octanol–water partition coefficient (Wildman–Crippen LogP) is 1.45. The Labute approximate surface area is 96.0 Å². The van der Waals surface area contributed by atoms with Crippen LogP contribution < -0.4 is 4.74 Å². The van der Waals surface area contributed by atoms with Crippen molar-refractivity contribution in [1.82, 2.24) is 4.98 Å². The van der Waals surface area contributed by atoms with Crippen molar-refractivity contribution in [1.29, 1.82) is 0 Å². The highest BCUT2D eigenvalue weighted by Crippen LogP contribution is 2.31. The number of methoxy groups -OCH3 is 2. The molecule has 0 bridgehead atoms. The first-order valence-corrected chi connectivity index (χ1v) is 4.61. The van der Waals surface area contributed by atoms with Gasteiger partial charge in [0.2, 0.25) is 5.88 Å². The molecule has 0 spiro atoms. The minimum atomic E-state index is -2.92. The van der Waals surface area contributed by atoms with Gasteiger partial charge in [0.15, 0.2) is 5.69 Å². The monoisotopic (exact) mass is 247 g/mol. The fourth-order valence-corrected chi connectivity index (χ4v) is 1.23. The van der Waals surface area contributed by atoms with E-state index >= 15 is 0 Å². The molecule has 0 aliphatic carbocycles. The van der Waals surface area contributed by atoms with Gasteiger partial charge in [0.1, 0.15) is 5.75 Å². The van der Waals surface area contributed by atoms with E-state index in [0.29, 0.717) is 0 Å². The van der Waals surface area contributed by atoms with Gasteiger partial charge in [-0.05, 0) is 6.07 Å². The smallest absolute Gasteiger partial charge is 0.310 e. The SMILES string of the molecule is COC(=O)Cc1cc(O)c(C(F)F)nc1OC. The van der Waals surface area contributed by atoms with Gasteiger partial charge >= 0.3 is 5.97 Å². The summed E-state index contributed by atoms with van der Waals surface area (Å²) < 4.78 is 34.1. The Hall–Kier alpha value is -1.92. The Morgan fingerprint density at radius 2 is 2.18 bits per heavy atom. The number of rotatable bonds is 4. The standard InChI is InChI=1S/C10H11F2NO4/c1-16-7(15)4-5-3-6(14)8(9(11)12)13-10(5)17-2/h3,9,14H,4H2,1-2H3. The van der Waals surface area contributed by atoms with Crippen molar-refractivity contribution in [2.45, 2.75) is 12.8 Å². The van der Waals surface area contributed by atoms with Crippen LogP contribution in [-0.4, -0.2) is 30.3 Å². The summed E-state index contributed by atoms with van der Waals surface area (Å²) in [5.74, 6) is -1.41. The van der Waals surface area contributed by atoms with Gasteiger partial charge in [-0.2, -0.15) is 0 Å². The van der Waals surface area contributed by atoms with Crippen LogP contribution >= 0.6 is 0 Å². The molecule has 94 valence electrons. The number of hydrogen-bond acceptors (Lipinski definition) is 5. The highest BCUT2D eigenvalue weighted by atomic mass is 19.3. The molecule has 5 nitrogen and oxygen atoms in total. The molecule has 1 heterocycles. The number of alkyl halides is 2. The Morgan fingerprint density at radius 3 is 2.65 bits per heavy atom. The molecule has 0 radical (unpaired) electrons. The first-order valence-electron chi connectivity index (χ1n) is 4.61. The predicted molar refractivity (Wildman–Crippen MR) is 53.1 cm³/mol. The van der Waals surface area contributed by atoms with E-state index in [0.717, 1.165) is 6.07 Å². The number of carbonyl (C=O) groups is 1. The molecule has 1 rings (SSSR count). The quantitative estimate of drug-likeness (QED) is 0.815. The molecule has 0 aromatic carbocycles. The van der Waals surface area contributed by atoms with Gasteiger partial charge < -0.3 is 14.6 Å². The molecule has 0 aliphatic heterocycles. The first kappa shape index (κ1) is 13.1. The van der Waals surface area contributed by atoms with E-state index in [1.54, 1.807) is 0 Å². The van der Waals surface area contributed by atoms with Gasteiger partial charge in [0.05, 0.1) is 20.6 Å². The molecule has 0 amide bonds. The molecule has 1 aromatic rings. The van der Waals surface area contributed by atoms with Crippen molar-refractivity contribution in [3.8, 4) is 11.6 Å². The minimum absolute atomic E-state index is 0.136. The van der Waals surface area contributed by atoms with Crippen molar-refractivity contribution < 1.29 is 28.2 Å². The molecular formula is C10H11F2NO4. The lowest BCUT2D eigenvalue weighted by Crippen LogP contribution is -2.08. The summed E-state index contributed by atoms with van der Waals surface area (Å²) in [6, 6.07) is 1.02. The van der Waals surface area contributed by atoms with Crippen LogP contribution in [0.5, 0.6) is 11.6 Å². The summed E-state index contributed by atoms with van der Waals surface area (Å²) in [6.07, 6.45) is -3.14. The molecule has 0 unspecified atom stereocenters. The summed E-state index contributed by atoms with van der Waals surface area (Å²) in [5.41, 5.74) is -0.600. The van der Waals surface area contributed by atoms with Gasteiger partial charge in [-0.3, -0.25) is 4.79 Å². The topological polar surface area (TPSA) is 68.7 Å². The zero-order valence-corrected chi connectivity index (χ0v) is 9.24. The summed E-state index contributed by atoms with van der Waals surface area (Å²) in [5, 5.41) is 9.32. The number of aromatic nitrogens is 1. The third-order valence-corrected chi connectivity index (χ3v) is 2.03. The molecule has 0 saturated heterocycles. The van der Waals surface area contributed by atoms with Crippen molar-refractivity contribution in [2.75, 3.05) is 14.2 Å². The van der Waals surface area contributed by atoms with E-state index in [-0.39, 0.29) is 17.9 Å². The molecule has 7 heteroatoms. The third-order valence-electron chi connectivity index (χ3n) is 2.03. The fourth-order valence-electron chi connectivity index (χ4n) is 1.23. The molecule has 1 aromatic heterocycles. The zero-order valence-electron chi connectivity index (χ0n) is 9.24. The largest absolute Gasteiger partial charge is 0.506 e. The average molecular weight is 247 g/mol. The number of halogens is 2. The fraction of sp³-hybridized carbons (Fsp3) is 0.400. The second-order valence-corrected chi connectivity index (χ2v) is 3.11. The van der Waals surface area contributed by atoms with Crippen LogP contribution in [0.15, 0.2) is 6.07 Å². The van der Waals surface area contributed by atoms with Gasteiger partial charge in [-0.1, -0.05) is 0 Å². The molecule has 0 aliphatic rings. The molecule has 1 N–H and O–H groups in total. The van der Waals surface area contributed by atoms with E-state index < -0.39 is 23.8 Å². The normalized spacial score (nSPS) is 10.4. The molecule has 17 heavy (non-hydrogen) atoms. The minimum Gasteiger partial charge on any atom is -0.506 e. The van der Waals surface area contributed by atoms with Gasteiger partial charge in [-0.25, -0.2) is 13.8 Å². The maximum atomic E-state index is 12.4. The Bertz CT molecular complexity index is 423. The van der Waals surface area contributed by atoms with Crippen LogP contribution in [0.25, 0.3) is 0 Å². The summed E-state index contributed by atoms with van der Waals surface area (Å²) in [7, 11) is 2.42. The lowest BCUT2D eigenvalue weighted by atomic mass is 10.1. The Morgan fingerprint density at radius 1 is 1.53 bits per heavy atom. The van der Waals surface area contributed by atoms with Crippen LogP contribution in [0.4, 0.5) is 8.78 Å². The van der Waals surface area contributed by atoms with Crippen LogP contribution in [0.2, 0.25) is 0 Å². The Balaban J connectivity index is 3.14. The number of hydrogen-bond donors (Lipinski definition) is 1. The van der Waals surface area contributed by atoms with Crippen molar-refractivity contribution in [3.63, 3.8) is 0 Å². The van der Waals surface area contributed by atoms with E-state index in [1.165, 1.54) is 14.2 Å².